The molecule has 6 heteroatoms. The summed E-state index contributed by atoms with van der Waals surface area (Å²) in [4.78, 5) is 12.0. The quantitative estimate of drug-likeness (QED) is 0.470. The van der Waals surface area contributed by atoms with Gasteiger partial charge in [0.1, 0.15) is 34.5 Å². The van der Waals surface area contributed by atoms with E-state index in [0.29, 0.717) is 34.5 Å². The number of rotatable bonds is 6. The summed E-state index contributed by atoms with van der Waals surface area (Å²) < 4.78 is 17.7. The zero-order valence-corrected chi connectivity index (χ0v) is 14.2. The first kappa shape index (κ1) is 16.5. The number of hydrogen-bond donors (Lipinski definition) is 0. The Hall–Kier alpha value is -3.93. The highest BCUT2D eigenvalue weighted by atomic mass is 16.5. The van der Waals surface area contributed by atoms with E-state index < -0.39 is 0 Å². The van der Waals surface area contributed by atoms with Crippen LogP contribution in [0.5, 0.6) is 34.5 Å². The lowest BCUT2D eigenvalue weighted by Crippen LogP contribution is -1.91. The molecule has 3 aromatic heterocycles. The van der Waals surface area contributed by atoms with E-state index in [1.165, 1.54) is 0 Å². The van der Waals surface area contributed by atoms with Gasteiger partial charge in [-0.15, -0.1) is 0 Å². The van der Waals surface area contributed by atoms with E-state index in [-0.39, 0.29) is 0 Å². The van der Waals surface area contributed by atoms with Crippen LogP contribution in [0.2, 0.25) is 0 Å². The van der Waals surface area contributed by atoms with Gasteiger partial charge in [0.25, 0.3) is 0 Å². The Morgan fingerprint density at radius 3 is 0.889 bits per heavy atom. The Balaban J connectivity index is 1.64. The molecule has 0 aliphatic carbocycles. The highest BCUT2D eigenvalue weighted by Crippen LogP contribution is 2.35. The summed E-state index contributed by atoms with van der Waals surface area (Å²) in [7, 11) is 0. The van der Waals surface area contributed by atoms with Crippen molar-refractivity contribution in [3.05, 3.63) is 91.8 Å². The molecule has 3 heterocycles. The van der Waals surface area contributed by atoms with Crippen molar-refractivity contribution < 1.29 is 14.2 Å². The zero-order valence-electron chi connectivity index (χ0n) is 14.2. The number of ether oxygens (including phenoxy) is 3. The van der Waals surface area contributed by atoms with Crippen LogP contribution in [0.15, 0.2) is 91.8 Å². The second-order valence-corrected chi connectivity index (χ2v) is 5.50. The third-order valence-corrected chi connectivity index (χ3v) is 3.51. The third kappa shape index (κ3) is 4.58. The van der Waals surface area contributed by atoms with Gasteiger partial charge in [-0.1, -0.05) is 0 Å². The number of nitrogens with zero attached hydrogens (tertiary/aromatic N) is 3. The largest absolute Gasteiger partial charge is 0.457 e. The SMILES string of the molecule is c1cc(Oc2cc(Oc3ccncc3)cc(Oc3ccncc3)c2)ccn1. The van der Waals surface area contributed by atoms with Gasteiger partial charge in [-0.05, 0) is 36.4 Å². The van der Waals surface area contributed by atoms with Crippen molar-refractivity contribution in [1.82, 2.24) is 15.0 Å². The van der Waals surface area contributed by atoms with Crippen LogP contribution in [0.25, 0.3) is 0 Å². The Bertz CT molecular complexity index is 852. The monoisotopic (exact) mass is 357 g/mol. The molecule has 0 fully saturated rings. The van der Waals surface area contributed by atoms with E-state index in [0.717, 1.165) is 0 Å². The predicted molar refractivity (Wildman–Crippen MR) is 99.4 cm³/mol. The minimum absolute atomic E-state index is 0.580. The number of benzene rings is 1. The van der Waals surface area contributed by atoms with Gasteiger partial charge in [-0.2, -0.15) is 0 Å². The smallest absolute Gasteiger partial charge is 0.134 e. The van der Waals surface area contributed by atoms with Crippen LogP contribution in [0.4, 0.5) is 0 Å². The van der Waals surface area contributed by atoms with E-state index in [1.54, 1.807) is 91.8 Å². The third-order valence-electron chi connectivity index (χ3n) is 3.51. The fourth-order valence-electron chi connectivity index (χ4n) is 2.35. The van der Waals surface area contributed by atoms with Crippen molar-refractivity contribution >= 4 is 0 Å². The maximum Gasteiger partial charge on any atom is 0.134 e. The molecule has 27 heavy (non-hydrogen) atoms. The molecule has 1 aromatic carbocycles. The minimum atomic E-state index is 0.580. The molecule has 0 unspecified atom stereocenters. The Morgan fingerprint density at radius 2 is 0.630 bits per heavy atom. The molecular weight excluding hydrogens is 342 g/mol. The average molecular weight is 357 g/mol. The summed E-state index contributed by atoms with van der Waals surface area (Å²) >= 11 is 0. The average Bonchev–Trinajstić information content (AvgIpc) is 2.70. The predicted octanol–water partition coefficient (Wildman–Crippen LogP) is 5.25. The molecule has 6 nitrogen and oxygen atoms in total. The summed E-state index contributed by atoms with van der Waals surface area (Å²) in [6.07, 6.45) is 10.0. The van der Waals surface area contributed by atoms with Gasteiger partial charge in [-0.25, -0.2) is 0 Å². The lowest BCUT2D eigenvalue weighted by molar-refractivity contribution is 0.439. The van der Waals surface area contributed by atoms with Gasteiger partial charge in [0.05, 0.1) is 0 Å². The van der Waals surface area contributed by atoms with Crippen molar-refractivity contribution in [2.75, 3.05) is 0 Å². The maximum atomic E-state index is 5.91. The van der Waals surface area contributed by atoms with Crippen molar-refractivity contribution in [3.8, 4) is 34.5 Å². The van der Waals surface area contributed by atoms with Gasteiger partial charge < -0.3 is 14.2 Å². The molecule has 0 aliphatic rings. The van der Waals surface area contributed by atoms with E-state index in [1.807, 2.05) is 0 Å². The molecule has 0 spiro atoms. The molecule has 0 saturated carbocycles. The van der Waals surface area contributed by atoms with Gasteiger partial charge in [-0.3, -0.25) is 15.0 Å². The molecule has 0 bridgehead atoms. The summed E-state index contributed by atoms with van der Waals surface area (Å²) in [6.45, 7) is 0. The molecule has 132 valence electrons. The van der Waals surface area contributed by atoms with Gasteiger partial charge in [0.2, 0.25) is 0 Å². The van der Waals surface area contributed by atoms with E-state index in [9.17, 15) is 0 Å². The van der Waals surface area contributed by atoms with Crippen LogP contribution < -0.4 is 14.2 Å². The Kier molecular flexibility index (Phi) is 4.88. The first-order chi connectivity index (χ1) is 13.3. The topological polar surface area (TPSA) is 66.4 Å². The lowest BCUT2D eigenvalue weighted by Gasteiger charge is -2.12. The second kappa shape index (κ2) is 7.97. The van der Waals surface area contributed by atoms with Crippen molar-refractivity contribution in [1.29, 1.82) is 0 Å². The minimum Gasteiger partial charge on any atom is -0.457 e. The van der Waals surface area contributed by atoms with E-state index >= 15 is 0 Å². The maximum absolute atomic E-state index is 5.91. The lowest BCUT2D eigenvalue weighted by atomic mass is 10.3. The van der Waals surface area contributed by atoms with Crippen LogP contribution >= 0.6 is 0 Å². The number of hydrogen-bond acceptors (Lipinski definition) is 6. The molecule has 0 amide bonds. The van der Waals surface area contributed by atoms with Gasteiger partial charge in [0.15, 0.2) is 0 Å². The summed E-state index contributed by atoms with van der Waals surface area (Å²) in [5.74, 6) is 3.74. The standard InChI is InChI=1S/C21H15N3O3/c1-7-22-8-2-16(1)25-19-13-20(26-17-3-9-23-10-4-17)15-21(14-19)27-18-5-11-24-12-6-18/h1-15H. The van der Waals surface area contributed by atoms with Crippen LogP contribution in [-0.2, 0) is 0 Å². The summed E-state index contributed by atoms with van der Waals surface area (Å²) in [6, 6.07) is 16.0. The van der Waals surface area contributed by atoms with Crippen LogP contribution in [0.3, 0.4) is 0 Å². The van der Waals surface area contributed by atoms with Crippen LogP contribution in [-0.4, -0.2) is 15.0 Å². The highest BCUT2D eigenvalue weighted by molar-refractivity contribution is 5.46. The molecule has 0 aliphatic heterocycles. The molecule has 4 rings (SSSR count). The van der Waals surface area contributed by atoms with Gasteiger partial charge in [0, 0.05) is 55.4 Å². The van der Waals surface area contributed by atoms with Crippen molar-refractivity contribution in [2.45, 2.75) is 0 Å². The van der Waals surface area contributed by atoms with Gasteiger partial charge >= 0.3 is 0 Å². The molecule has 4 aromatic rings. The second-order valence-electron chi connectivity index (χ2n) is 5.50. The summed E-state index contributed by atoms with van der Waals surface area (Å²) in [5, 5.41) is 0. The number of pyridine rings is 3. The van der Waals surface area contributed by atoms with E-state index in [4.69, 9.17) is 14.2 Å². The Labute approximate surface area is 156 Å². The first-order valence-corrected chi connectivity index (χ1v) is 8.24. The molecule has 0 atom stereocenters. The number of aromatic nitrogens is 3. The molecule has 0 radical (unpaired) electrons. The fraction of sp³-hybridized carbons (Fsp3) is 0. The van der Waals surface area contributed by atoms with Crippen molar-refractivity contribution in [2.24, 2.45) is 0 Å². The van der Waals surface area contributed by atoms with Crippen LogP contribution in [0, 0.1) is 0 Å². The molecular formula is C21H15N3O3. The highest BCUT2D eigenvalue weighted by Gasteiger charge is 2.08. The fourth-order valence-corrected chi connectivity index (χ4v) is 2.35. The first-order valence-electron chi connectivity index (χ1n) is 8.24. The summed E-state index contributed by atoms with van der Waals surface area (Å²) in [5.41, 5.74) is 0. The van der Waals surface area contributed by atoms with Crippen molar-refractivity contribution in [3.63, 3.8) is 0 Å². The molecule has 0 N–H and O–H groups in total. The normalized spacial score (nSPS) is 10.2. The van der Waals surface area contributed by atoms with E-state index in [2.05, 4.69) is 15.0 Å². The Morgan fingerprint density at radius 1 is 0.370 bits per heavy atom. The zero-order chi connectivity index (χ0) is 18.3. The van der Waals surface area contributed by atoms with Crippen LogP contribution in [0.1, 0.15) is 0 Å². The molecule has 0 saturated heterocycles.